The van der Waals surface area contributed by atoms with Crippen molar-refractivity contribution in [2.75, 3.05) is 19.7 Å². The summed E-state index contributed by atoms with van der Waals surface area (Å²) in [6, 6.07) is 15.2. The molecule has 1 N–H and O–H groups in total. The molecule has 1 saturated heterocycles. The Bertz CT molecular complexity index is 1050. The SMILES string of the molecule is Cc1ccc(Oc2ccc(OCC(=O)N3CCC(c4nc(C5CC5)n[nH]4)CC3)cc2)cc1. The molecule has 2 heterocycles. The van der Waals surface area contributed by atoms with Gasteiger partial charge in [-0.2, -0.15) is 5.10 Å². The van der Waals surface area contributed by atoms with Crippen molar-refractivity contribution in [1.29, 1.82) is 0 Å². The molecule has 0 unspecified atom stereocenters. The molecule has 0 bridgehead atoms. The number of carbonyl (C=O) groups is 1. The number of H-pyrrole nitrogens is 1. The monoisotopic (exact) mass is 432 g/mol. The highest BCUT2D eigenvalue weighted by Crippen LogP contribution is 2.38. The topological polar surface area (TPSA) is 80.3 Å². The van der Waals surface area contributed by atoms with Crippen LogP contribution in [0.1, 0.15) is 54.7 Å². The number of aryl methyl sites for hydroxylation is 1. The summed E-state index contributed by atoms with van der Waals surface area (Å²) < 4.78 is 11.5. The fourth-order valence-corrected chi connectivity index (χ4v) is 3.98. The molecule has 2 aromatic carbocycles. The predicted octanol–water partition coefficient (Wildman–Crippen LogP) is 4.57. The largest absolute Gasteiger partial charge is 0.484 e. The lowest BCUT2D eigenvalue weighted by Crippen LogP contribution is -2.40. The van der Waals surface area contributed by atoms with Gasteiger partial charge in [-0.25, -0.2) is 4.98 Å². The fraction of sp³-hybridized carbons (Fsp3) is 0.400. The molecule has 7 heteroatoms. The number of piperidine rings is 1. The van der Waals surface area contributed by atoms with Crippen LogP contribution in [-0.4, -0.2) is 45.7 Å². The van der Waals surface area contributed by atoms with E-state index in [1.165, 1.54) is 18.4 Å². The molecule has 5 rings (SSSR count). The number of amides is 1. The quantitative estimate of drug-likeness (QED) is 0.592. The molecule has 0 spiro atoms. The van der Waals surface area contributed by atoms with E-state index in [1.54, 1.807) is 0 Å². The Labute approximate surface area is 187 Å². The number of benzene rings is 2. The standard InChI is InChI=1S/C25H28N4O3/c1-17-2-6-21(7-3-17)32-22-10-8-20(9-11-22)31-16-23(30)29-14-12-19(13-15-29)25-26-24(27-28-25)18-4-5-18/h2-3,6-11,18-19H,4-5,12-16H2,1H3,(H,26,27,28). The second kappa shape index (κ2) is 9.02. The first-order chi connectivity index (χ1) is 15.6. The summed E-state index contributed by atoms with van der Waals surface area (Å²) in [6.45, 7) is 3.52. The number of aromatic nitrogens is 3. The van der Waals surface area contributed by atoms with Crippen molar-refractivity contribution in [3.8, 4) is 17.2 Å². The molecule has 166 valence electrons. The van der Waals surface area contributed by atoms with Gasteiger partial charge >= 0.3 is 0 Å². The van der Waals surface area contributed by atoms with E-state index in [1.807, 2.05) is 60.4 Å². The zero-order valence-electron chi connectivity index (χ0n) is 18.3. The molecule has 0 radical (unpaired) electrons. The maximum atomic E-state index is 12.6. The van der Waals surface area contributed by atoms with Gasteiger partial charge in [-0.1, -0.05) is 17.7 Å². The van der Waals surface area contributed by atoms with E-state index < -0.39 is 0 Å². The van der Waals surface area contributed by atoms with Crippen LogP contribution in [0.2, 0.25) is 0 Å². The summed E-state index contributed by atoms with van der Waals surface area (Å²) in [4.78, 5) is 19.1. The van der Waals surface area contributed by atoms with Crippen molar-refractivity contribution >= 4 is 5.91 Å². The number of aromatic amines is 1. The van der Waals surface area contributed by atoms with Crippen molar-refractivity contribution in [3.05, 3.63) is 65.7 Å². The molecule has 1 aliphatic carbocycles. The highest BCUT2D eigenvalue weighted by molar-refractivity contribution is 5.77. The van der Waals surface area contributed by atoms with E-state index >= 15 is 0 Å². The Morgan fingerprint density at radius 1 is 0.938 bits per heavy atom. The summed E-state index contributed by atoms with van der Waals surface area (Å²) in [5.74, 6) is 5.02. The van der Waals surface area contributed by atoms with E-state index in [0.717, 1.165) is 49.1 Å². The third kappa shape index (κ3) is 4.93. The van der Waals surface area contributed by atoms with Gasteiger partial charge in [0.2, 0.25) is 0 Å². The minimum Gasteiger partial charge on any atom is -0.484 e. The maximum Gasteiger partial charge on any atom is 0.260 e. The van der Waals surface area contributed by atoms with Crippen molar-refractivity contribution in [2.24, 2.45) is 0 Å². The molecular weight excluding hydrogens is 404 g/mol. The number of hydrogen-bond acceptors (Lipinski definition) is 5. The highest BCUT2D eigenvalue weighted by Gasteiger charge is 2.30. The molecule has 1 amide bonds. The Balaban J connectivity index is 1.07. The first kappa shape index (κ1) is 20.5. The zero-order chi connectivity index (χ0) is 21.9. The van der Waals surface area contributed by atoms with E-state index in [4.69, 9.17) is 9.47 Å². The van der Waals surface area contributed by atoms with Crippen LogP contribution in [0.25, 0.3) is 0 Å². The first-order valence-corrected chi connectivity index (χ1v) is 11.3. The van der Waals surface area contributed by atoms with Crippen molar-refractivity contribution < 1.29 is 14.3 Å². The van der Waals surface area contributed by atoms with Gasteiger partial charge in [-0.15, -0.1) is 0 Å². The van der Waals surface area contributed by atoms with Gasteiger partial charge in [0, 0.05) is 24.9 Å². The fourth-order valence-electron chi connectivity index (χ4n) is 3.98. The summed E-state index contributed by atoms with van der Waals surface area (Å²) in [7, 11) is 0. The molecule has 7 nitrogen and oxygen atoms in total. The summed E-state index contributed by atoms with van der Waals surface area (Å²) in [5.41, 5.74) is 1.19. The lowest BCUT2D eigenvalue weighted by Gasteiger charge is -2.30. The molecule has 2 fully saturated rings. The zero-order valence-corrected chi connectivity index (χ0v) is 18.3. The lowest BCUT2D eigenvalue weighted by molar-refractivity contribution is -0.134. The Morgan fingerprint density at radius 3 is 2.22 bits per heavy atom. The molecule has 1 aromatic heterocycles. The number of nitrogens with zero attached hydrogens (tertiary/aromatic N) is 3. The van der Waals surface area contributed by atoms with Gasteiger partial charge in [0.15, 0.2) is 12.4 Å². The molecule has 2 aliphatic rings. The Morgan fingerprint density at radius 2 is 1.56 bits per heavy atom. The summed E-state index contributed by atoms with van der Waals surface area (Å²) >= 11 is 0. The second-order valence-corrected chi connectivity index (χ2v) is 8.68. The number of ether oxygens (including phenoxy) is 2. The van der Waals surface area contributed by atoms with Crippen LogP contribution >= 0.6 is 0 Å². The summed E-state index contributed by atoms with van der Waals surface area (Å²) in [5, 5.41) is 7.47. The minimum absolute atomic E-state index is 0.0136. The van der Waals surface area contributed by atoms with Crippen LogP contribution in [0.3, 0.4) is 0 Å². The number of carbonyl (C=O) groups excluding carboxylic acids is 1. The van der Waals surface area contributed by atoms with Gasteiger partial charge < -0.3 is 14.4 Å². The summed E-state index contributed by atoms with van der Waals surface area (Å²) in [6.07, 6.45) is 4.20. The molecule has 1 aliphatic heterocycles. The van der Waals surface area contributed by atoms with Gasteiger partial charge in [-0.3, -0.25) is 9.89 Å². The van der Waals surface area contributed by atoms with Gasteiger partial charge in [0.05, 0.1) is 0 Å². The number of likely N-dealkylation sites (tertiary alicyclic amines) is 1. The van der Waals surface area contributed by atoms with Gasteiger partial charge in [0.1, 0.15) is 23.1 Å². The Kier molecular flexibility index (Phi) is 5.79. The molecule has 0 atom stereocenters. The second-order valence-electron chi connectivity index (χ2n) is 8.68. The normalized spacial score (nSPS) is 16.7. The third-order valence-electron chi connectivity index (χ3n) is 6.14. The van der Waals surface area contributed by atoms with Crippen LogP contribution in [0.4, 0.5) is 0 Å². The van der Waals surface area contributed by atoms with E-state index in [-0.39, 0.29) is 12.5 Å². The van der Waals surface area contributed by atoms with Crippen LogP contribution in [0.5, 0.6) is 17.2 Å². The average Bonchev–Trinajstić information content (AvgIpc) is 3.56. The number of rotatable bonds is 7. The van der Waals surface area contributed by atoms with Crippen LogP contribution in [0, 0.1) is 6.92 Å². The van der Waals surface area contributed by atoms with Crippen molar-refractivity contribution in [1.82, 2.24) is 20.1 Å². The highest BCUT2D eigenvalue weighted by atomic mass is 16.5. The molecular formula is C25H28N4O3. The molecule has 32 heavy (non-hydrogen) atoms. The predicted molar refractivity (Wildman–Crippen MR) is 120 cm³/mol. The van der Waals surface area contributed by atoms with Gasteiger partial charge in [-0.05, 0) is 69.0 Å². The van der Waals surface area contributed by atoms with Crippen LogP contribution in [0.15, 0.2) is 48.5 Å². The average molecular weight is 433 g/mol. The van der Waals surface area contributed by atoms with Crippen LogP contribution in [-0.2, 0) is 4.79 Å². The van der Waals surface area contributed by atoms with Crippen molar-refractivity contribution in [2.45, 2.75) is 44.4 Å². The lowest BCUT2D eigenvalue weighted by atomic mass is 9.96. The Hall–Kier alpha value is -3.35. The third-order valence-corrected chi connectivity index (χ3v) is 6.14. The van der Waals surface area contributed by atoms with E-state index in [2.05, 4.69) is 15.2 Å². The number of nitrogens with one attached hydrogen (secondary N) is 1. The molecule has 3 aromatic rings. The van der Waals surface area contributed by atoms with Crippen molar-refractivity contribution in [3.63, 3.8) is 0 Å². The van der Waals surface area contributed by atoms with Gasteiger partial charge in [0.25, 0.3) is 5.91 Å². The minimum atomic E-state index is 0.0136. The van der Waals surface area contributed by atoms with E-state index in [9.17, 15) is 4.79 Å². The van der Waals surface area contributed by atoms with Crippen LogP contribution < -0.4 is 9.47 Å². The molecule has 1 saturated carbocycles. The maximum absolute atomic E-state index is 12.6. The first-order valence-electron chi connectivity index (χ1n) is 11.3. The smallest absolute Gasteiger partial charge is 0.260 e. The van der Waals surface area contributed by atoms with E-state index in [0.29, 0.717) is 17.6 Å². The number of hydrogen-bond donors (Lipinski definition) is 1.